The lowest BCUT2D eigenvalue weighted by molar-refractivity contribution is -0.383. The van der Waals surface area contributed by atoms with Gasteiger partial charge in [0.2, 0.25) is 5.82 Å². The molecule has 1 unspecified atom stereocenters. The van der Waals surface area contributed by atoms with E-state index >= 15 is 0 Å². The van der Waals surface area contributed by atoms with Gasteiger partial charge in [-0.25, -0.2) is 9.78 Å². The fourth-order valence-electron chi connectivity index (χ4n) is 6.55. The van der Waals surface area contributed by atoms with Gasteiger partial charge in [0.25, 0.3) is 0 Å². The van der Waals surface area contributed by atoms with Crippen molar-refractivity contribution >= 4 is 23.2 Å². The van der Waals surface area contributed by atoms with Gasteiger partial charge in [-0.3, -0.25) is 10.1 Å². The molecule has 4 fully saturated rings. The van der Waals surface area contributed by atoms with E-state index in [0.29, 0.717) is 25.3 Å². The molecule has 1 aromatic heterocycles. The first-order chi connectivity index (χ1) is 16.7. The molecule has 0 saturated heterocycles. The van der Waals surface area contributed by atoms with Crippen LogP contribution in [-0.2, 0) is 11.3 Å². The van der Waals surface area contributed by atoms with E-state index in [9.17, 15) is 20.0 Å². The molecule has 4 aliphatic rings. The fourth-order valence-corrected chi connectivity index (χ4v) is 6.55. The largest absolute Gasteiger partial charge is 0.459 e. The van der Waals surface area contributed by atoms with Crippen LogP contribution in [0.4, 0.5) is 17.2 Å². The summed E-state index contributed by atoms with van der Waals surface area (Å²) in [7, 11) is 0. The zero-order chi connectivity index (χ0) is 24.7. The number of carbonyl (C=O) groups excluding carboxylic acids is 1. The van der Waals surface area contributed by atoms with E-state index < -0.39 is 16.5 Å². The van der Waals surface area contributed by atoms with Crippen LogP contribution >= 0.6 is 0 Å². The van der Waals surface area contributed by atoms with Crippen LogP contribution < -0.4 is 10.6 Å². The number of rotatable bonds is 8. The highest BCUT2D eigenvalue weighted by atomic mass is 16.6. The summed E-state index contributed by atoms with van der Waals surface area (Å²) in [6.07, 6.45) is 5.17. The molecule has 2 aromatic rings. The normalized spacial score (nSPS) is 28.7. The van der Waals surface area contributed by atoms with E-state index in [0.717, 1.165) is 24.8 Å². The number of nitrogens with one attached hydrogen (secondary N) is 2. The van der Waals surface area contributed by atoms with E-state index in [1.165, 1.54) is 6.20 Å². The number of ether oxygens (including phenoxy) is 1. The van der Waals surface area contributed by atoms with E-state index in [2.05, 4.69) is 15.6 Å². The average molecular weight is 481 g/mol. The number of pyridine rings is 1. The van der Waals surface area contributed by atoms with Crippen LogP contribution in [0.5, 0.6) is 0 Å². The number of nitro groups is 1. The molecule has 186 valence electrons. The van der Waals surface area contributed by atoms with Crippen LogP contribution in [0.15, 0.2) is 36.5 Å². The third-order valence-electron chi connectivity index (χ3n) is 7.65. The highest BCUT2D eigenvalue weighted by Crippen LogP contribution is 2.56. The van der Waals surface area contributed by atoms with Crippen molar-refractivity contribution in [2.75, 3.05) is 10.6 Å². The lowest BCUT2D eigenvalue weighted by Crippen LogP contribution is -2.59. The number of esters is 1. The molecular weight excluding hydrogens is 448 g/mol. The molecule has 3 N–H and O–H groups in total. The monoisotopic (exact) mass is 480 g/mol. The van der Waals surface area contributed by atoms with Gasteiger partial charge in [0.15, 0.2) is 0 Å². The van der Waals surface area contributed by atoms with Gasteiger partial charge in [-0.1, -0.05) is 30.3 Å². The van der Waals surface area contributed by atoms with Gasteiger partial charge < -0.3 is 20.5 Å². The molecule has 1 heterocycles. The molecule has 0 radical (unpaired) electrons. The van der Waals surface area contributed by atoms with Crippen molar-refractivity contribution in [3.05, 3.63) is 57.8 Å². The van der Waals surface area contributed by atoms with Crippen molar-refractivity contribution in [3.63, 3.8) is 0 Å². The maximum Gasteiger partial charge on any atom is 0.342 e. The standard InChI is InChI=1S/C26H32N4O5/c1-15(2)35-25(31)20-14-28-24(27-13-16-6-4-3-5-7-16)23(30(33)34)22(20)29-21-18-8-17-9-19(21)12-26(32,10-17)11-18/h3-7,14-15,17-19,21,32H,8-13H2,1-2H3,(H2,27,28,29)/t17?,18-,19+,21+,26-. The Balaban J connectivity index is 1.51. The first-order valence-electron chi connectivity index (χ1n) is 12.4. The second-order valence-corrected chi connectivity index (χ2v) is 10.7. The first-order valence-corrected chi connectivity index (χ1v) is 12.4. The van der Waals surface area contributed by atoms with Gasteiger partial charge in [-0.2, -0.15) is 0 Å². The predicted molar refractivity (Wildman–Crippen MR) is 131 cm³/mol. The smallest absolute Gasteiger partial charge is 0.342 e. The zero-order valence-electron chi connectivity index (χ0n) is 20.1. The maximum atomic E-state index is 13.0. The topological polar surface area (TPSA) is 127 Å². The Morgan fingerprint density at radius 3 is 2.51 bits per heavy atom. The summed E-state index contributed by atoms with van der Waals surface area (Å²) in [6, 6.07) is 9.49. The van der Waals surface area contributed by atoms with Crippen molar-refractivity contribution in [2.45, 2.75) is 70.2 Å². The van der Waals surface area contributed by atoms with Crippen LogP contribution in [0.25, 0.3) is 0 Å². The number of benzene rings is 1. The summed E-state index contributed by atoms with van der Waals surface area (Å²) in [4.78, 5) is 29.1. The zero-order valence-corrected chi connectivity index (χ0v) is 20.1. The number of aromatic nitrogens is 1. The first kappa shape index (κ1) is 23.5. The Morgan fingerprint density at radius 1 is 1.23 bits per heavy atom. The molecule has 0 amide bonds. The fraction of sp³-hybridized carbons (Fsp3) is 0.538. The molecule has 9 nitrogen and oxygen atoms in total. The number of carbonyl (C=O) groups is 1. The number of hydrogen-bond donors (Lipinski definition) is 3. The highest BCUT2D eigenvalue weighted by Gasteiger charge is 2.55. The van der Waals surface area contributed by atoms with Gasteiger partial charge in [-0.05, 0) is 69.3 Å². The lowest BCUT2D eigenvalue weighted by Gasteiger charge is -2.58. The van der Waals surface area contributed by atoms with Crippen molar-refractivity contribution in [1.29, 1.82) is 0 Å². The molecule has 6 rings (SSSR count). The number of hydrogen-bond acceptors (Lipinski definition) is 8. The second-order valence-electron chi connectivity index (χ2n) is 10.7. The molecule has 35 heavy (non-hydrogen) atoms. The van der Waals surface area contributed by atoms with Crippen LogP contribution in [0, 0.1) is 27.9 Å². The lowest BCUT2D eigenvalue weighted by atomic mass is 9.52. The Labute approximate surface area is 204 Å². The number of aliphatic hydroxyl groups is 1. The van der Waals surface area contributed by atoms with Crippen LogP contribution in [-0.4, -0.2) is 38.7 Å². The summed E-state index contributed by atoms with van der Waals surface area (Å²) in [5.41, 5.74) is 0.280. The Hall–Kier alpha value is -3.20. The SMILES string of the molecule is CC(C)OC(=O)c1cnc(NCc2ccccc2)c([N+](=O)[O-])c1N[C@H]1[C@@H]2CC3C[C@H]1C[C@@](O)(C3)C2. The number of anilines is 2. The molecule has 9 heteroatoms. The Kier molecular flexibility index (Phi) is 6.13. The minimum Gasteiger partial charge on any atom is -0.459 e. The summed E-state index contributed by atoms with van der Waals surface area (Å²) < 4.78 is 5.40. The van der Waals surface area contributed by atoms with E-state index in [1.807, 2.05) is 30.3 Å². The quantitative estimate of drug-likeness (QED) is 0.286. The van der Waals surface area contributed by atoms with E-state index in [1.54, 1.807) is 13.8 Å². The maximum absolute atomic E-state index is 13.0. The molecule has 0 aliphatic heterocycles. The van der Waals surface area contributed by atoms with Crippen LogP contribution in [0.3, 0.4) is 0 Å². The van der Waals surface area contributed by atoms with Crippen molar-refractivity contribution in [2.24, 2.45) is 17.8 Å². The molecule has 4 saturated carbocycles. The van der Waals surface area contributed by atoms with E-state index in [4.69, 9.17) is 4.74 Å². The highest BCUT2D eigenvalue weighted by molar-refractivity contribution is 5.99. The minimum atomic E-state index is -0.643. The Bertz CT molecular complexity index is 1110. The van der Waals surface area contributed by atoms with Gasteiger partial charge in [0.1, 0.15) is 11.3 Å². The van der Waals surface area contributed by atoms with Gasteiger partial charge in [0, 0.05) is 18.8 Å². The predicted octanol–water partition coefficient (Wildman–Crippen LogP) is 4.52. The van der Waals surface area contributed by atoms with Crippen molar-refractivity contribution in [1.82, 2.24) is 4.98 Å². The van der Waals surface area contributed by atoms with Crippen LogP contribution in [0.1, 0.15) is 61.9 Å². The van der Waals surface area contributed by atoms with Gasteiger partial charge >= 0.3 is 11.7 Å². The minimum absolute atomic E-state index is 0.0551. The van der Waals surface area contributed by atoms with Crippen LogP contribution in [0.2, 0.25) is 0 Å². The van der Waals surface area contributed by atoms with Gasteiger partial charge in [0.05, 0.1) is 16.6 Å². The van der Waals surface area contributed by atoms with Gasteiger partial charge in [-0.15, -0.1) is 0 Å². The molecule has 4 bridgehead atoms. The second kappa shape index (κ2) is 9.11. The summed E-state index contributed by atoms with van der Waals surface area (Å²) in [5.74, 6) is 0.360. The third-order valence-corrected chi connectivity index (χ3v) is 7.65. The summed E-state index contributed by atoms with van der Waals surface area (Å²) >= 11 is 0. The summed E-state index contributed by atoms with van der Waals surface area (Å²) in [5, 5.41) is 29.8. The molecule has 0 spiro atoms. The average Bonchev–Trinajstić information content (AvgIpc) is 2.78. The van der Waals surface area contributed by atoms with Crippen molar-refractivity contribution < 1.29 is 19.6 Å². The third kappa shape index (κ3) is 4.69. The molecule has 5 atom stereocenters. The molecule has 4 aliphatic carbocycles. The van der Waals surface area contributed by atoms with E-state index in [-0.39, 0.29) is 46.7 Å². The number of nitrogens with zero attached hydrogens (tertiary/aromatic N) is 2. The Morgan fingerprint density at radius 2 is 1.91 bits per heavy atom. The summed E-state index contributed by atoms with van der Waals surface area (Å²) in [6.45, 7) is 3.83. The molecular formula is C26H32N4O5. The van der Waals surface area contributed by atoms with Crippen molar-refractivity contribution in [3.8, 4) is 0 Å². The molecule has 1 aromatic carbocycles.